The van der Waals surface area contributed by atoms with E-state index in [4.69, 9.17) is 4.52 Å². The van der Waals surface area contributed by atoms with Gasteiger partial charge in [-0.2, -0.15) is 4.98 Å². The van der Waals surface area contributed by atoms with E-state index < -0.39 is 0 Å². The summed E-state index contributed by atoms with van der Waals surface area (Å²) in [6.07, 6.45) is 5.41. The number of nitrogens with zero attached hydrogens (tertiary/aromatic N) is 2. The van der Waals surface area contributed by atoms with Gasteiger partial charge in [-0.25, -0.2) is 0 Å². The SMILES string of the molecule is Brc1noc(C2CC3CCC2C3)n1. The van der Waals surface area contributed by atoms with Crippen LogP contribution in [0.4, 0.5) is 0 Å². The molecule has 2 fully saturated rings. The molecule has 3 nitrogen and oxygen atoms in total. The van der Waals surface area contributed by atoms with Gasteiger partial charge in [0.15, 0.2) is 0 Å². The van der Waals surface area contributed by atoms with Crippen LogP contribution in [-0.4, -0.2) is 10.1 Å². The first kappa shape index (κ1) is 7.97. The quantitative estimate of drug-likeness (QED) is 0.761. The third-order valence-corrected chi connectivity index (χ3v) is 3.79. The van der Waals surface area contributed by atoms with Crippen molar-refractivity contribution in [3.05, 3.63) is 10.6 Å². The van der Waals surface area contributed by atoms with Gasteiger partial charge in [0.05, 0.1) is 0 Å². The lowest BCUT2D eigenvalue weighted by Crippen LogP contribution is -2.08. The number of fused-ring (bicyclic) bond motifs is 2. The van der Waals surface area contributed by atoms with E-state index >= 15 is 0 Å². The van der Waals surface area contributed by atoms with Gasteiger partial charge in [-0.05, 0) is 52.2 Å². The van der Waals surface area contributed by atoms with Gasteiger partial charge in [0.25, 0.3) is 0 Å². The Morgan fingerprint density at radius 3 is 2.77 bits per heavy atom. The summed E-state index contributed by atoms with van der Waals surface area (Å²) in [7, 11) is 0. The van der Waals surface area contributed by atoms with Crippen LogP contribution in [-0.2, 0) is 0 Å². The predicted octanol–water partition coefficient (Wildman–Crippen LogP) is 2.74. The number of hydrogen-bond donors (Lipinski definition) is 0. The maximum Gasteiger partial charge on any atom is 0.238 e. The van der Waals surface area contributed by atoms with Crippen LogP contribution in [0.3, 0.4) is 0 Å². The second-order valence-electron chi connectivity index (χ2n) is 4.18. The van der Waals surface area contributed by atoms with E-state index in [9.17, 15) is 0 Å². The number of hydrogen-bond acceptors (Lipinski definition) is 3. The minimum Gasteiger partial charge on any atom is -0.338 e. The topological polar surface area (TPSA) is 38.9 Å². The summed E-state index contributed by atoms with van der Waals surface area (Å²) in [4.78, 5) is 4.25. The highest BCUT2D eigenvalue weighted by Gasteiger charge is 2.42. The summed E-state index contributed by atoms with van der Waals surface area (Å²) in [5.41, 5.74) is 0. The average Bonchev–Trinajstić information content (AvgIpc) is 2.77. The fourth-order valence-corrected chi connectivity index (χ4v) is 3.16. The van der Waals surface area contributed by atoms with Gasteiger partial charge in [-0.3, -0.25) is 0 Å². The first-order valence-corrected chi connectivity index (χ1v) is 5.61. The van der Waals surface area contributed by atoms with Gasteiger partial charge in [0.1, 0.15) is 0 Å². The maximum absolute atomic E-state index is 5.19. The molecule has 4 heteroatoms. The molecule has 0 radical (unpaired) electrons. The standard InChI is InChI=1S/C9H11BrN2O/c10-9-11-8(13-12-9)7-4-5-1-2-6(7)3-5/h5-7H,1-4H2. The third-order valence-electron chi connectivity index (χ3n) is 3.47. The van der Waals surface area contributed by atoms with Crippen LogP contribution in [0, 0.1) is 11.8 Å². The molecular weight excluding hydrogens is 232 g/mol. The van der Waals surface area contributed by atoms with Crippen molar-refractivity contribution in [2.24, 2.45) is 11.8 Å². The Kier molecular flexibility index (Phi) is 1.72. The fourth-order valence-electron chi connectivity index (χ4n) is 2.91. The van der Waals surface area contributed by atoms with Crippen LogP contribution in [0.5, 0.6) is 0 Å². The Morgan fingerprint density at radius 2 is 2.23 bits per heavy atom. The van der Waals surface area contributed by atoms with Gasteiger partial charge in [0.2, 0.25) is 10.6 Å². The van der Waals surface area contributed by atoms with Crippen molar-refractivity contribution in [1.29, 1.82) is 0 Å². The van der Waals surface area contributed by atoms with Crippen LogP contribution in [0.2, 0.25) is 0 Å². The molecule has 3 rings (SSSR count). The van der Waals surface area contributed by atoms with Crippen LogP contribution in [0.1, 0.15) is 37.5 Å². The van der Waals surface area contributed by atoms with Crippen LogP contribution < -0.4 is 0 Å². The molecule has 2 aliphatic rings. The predicted molar refractivity (Wildman–Crippen MR) is 50.2 cm³/mol. The molecule has 2 aliphatic carbocycles. The minimum atomic E-state index is 0.553. The molecule has 0 spiro atoms. The minimum absolute atomic E-state index is 0.553. The van der Waals surface area contributed by atoms with E-state index in [1.54, 1.807) is 0 Å². The second kappa shape index (κ2) is 2.80. The zero-order valence-corrected chi connectivity index (χ0v) is 8.83. The van der Waals surface area contributed by atoms with E-state index in [0.29, 0.717) is 10.7 Å². The first-order valence-electron chi connectivity index (χ1n) is 4.82. The normalized spacial score (nSPS) is 37.2. The van der Waals surface area contributed by atoms with E-state index in [1.165, 1.54) is 25.7 Å². The third kappa shape index (κ3) is 1.23. The van der Waals surface area contributed by atoms with Crippen molar-refractivity contribution in [1.82, 2.24) is 10.1 Å². The fraction of sp³-hybridized carbons (Fsp3) is 0.778. The van der Waals surface area contributed by atoms with E-state index in [-0.39, 0.29) is 0 Å². The van der Waals surface area contributed by atoms with Crippen LogP contribution in [0.15, 0.2) is 9.26 Å². The highest BCUT2D eigenvalue weighted by atomic mass is 79.9. The average molecular weight is 243 g/mol. The Morgan fingerprint density at radius 1 is 1.31 bits per heavy atom. The lowest BCUT2D eigenvalue weighted by Gasteiger charge is -2.16. The molecule has 0 amide bonds. The molecule has 0 aromatic carbocycles. The van der Waals surface area contributed by atoms with E-state index in [2.05, 4.69) is 26.1 Å². The van der Waals surface area contributed by atoms with Crippen molar-refractivity contribution in [2.75, 3.05) is 0 Å². The van der Waals surface area contributed by atoms with Crippen molar-refractivity contribution in [2.45, 2.75) is 31.6 Å². The summed E-state index contributed by atoms with van der Waals surface area (Å²) < 4.78 is 5.78. The summed E-state index contributed by atoms with van der Waals surface area (Å²) in [6.45, 7) is 0. The van der Waals surface area contributed by atoms with E-state index in [1.807, 2.05) is 0 Å². The lowest BCUT2D eigenvalue weighted by atomic mass is 9.89. The smallest absolute Gasteiger partial charge is 0.238 e. The van der Waals surface area contributed by atoms with Gasteiger partial charge >= 0.3 is 0 Å². The van der Waals surface area contributed by atoms with Crippen LogP contribution in [0.25, 0.3) is 0 Å². The summed E-state index contributed by atoms with van der Waals surface area (Å²) in [6, 6.07) is 0. The lowest BCUT2D eigenvalue weighted by molar-refractivity contribution is 0.301. The van der Waals surface area contributed by atoms with Crippen molar-refractivity contribution < 1.29 is 4.52 Å². The Hall–Kier alpha value is -0.380. The van der Waals surface area contributed by atoms with Gasteiger partial charge in [0, 0.05) is 5.92 Å². The number of rotatable bonds is 1. The van der Waals surface area contributed by atoms with Crippen molar-refractivity contribution >= 4 is 15.9 Å². The first-order chi connectivity index (χ1) is 6.33. The highest BCUT2D eigenvalue weighted by Crippen LogP contribution is 2.52. The summed E-state index contributed by atoms with van der Waals surface area (Å²) in [5.74, 6) is 3.15. The van der Waals surface area contributed by atoms with Gasteiger partial charge in [-0.15, -0.1) is 0 Å². The Balaban J connectivity index is 1.87. The van der Waals surface area contributed by atoms with Gasteiger partial charge in [-0.1, -0.05) is 6.42 Å². The highest BCUT2D eigenvalue weighted by molar-refractivity contribution is 9.10. The number of aromatic nitrogens is 2. The molecule has 0 saturated heterocycles. The zero-order valence-electron chi connectivity index (χ0n) is 7.24. The molecule has 1 aromatic rings. The maximum atomic E-state index is 5.19. The van der Waals surface area contributed by atoms with Crippen molar-refractivity contribution in [3.8, 4) is 0 Å². The molecule has 0 aliphatic heterocycles. The molecular formula is C9H11BrN2O. The molecule has 13 heavy (non-hydrogen) atoms. The van der Waals surface area contributed by atoms with E-state index in [0.717, 1.165) is 17.7 Å². The summed E-state index contributed by atoms with van der Waals surface area (Å²) in [5, 5.41) is 3.78. The van der Waals surface area contributed by atoms with Gasteiger partial charge < -0.3 is 4.52 Å². The molecule has 3 unspecified atom stereocenters. The Bertz CT molecular complexity index is 325. The zero-order chi connectivity index (χ0) is 8.84. The largest absolute Gasteiger partial charge is 0.338 e. The molecule has 2 bridgehead atoms. The molecule has 1 heterocycles. The monoisotopic (exact) mass is 242 g/mol. The molecule has 70 valence electrons. The molecule has 3 atom stereocenters. The van der Waals surface area contributed by atoms with Crippen molar-refractivity contribution in [3.63, 3.8) is 0 Å². The Labute approximate surface area is 85.0 Å². The molecule has 0 N–H and O–H groups in total. The number of halogens is 1. The molecule has 2 saturated carbocycles. The second-order valence-corrected chi connectivity index (χ2v) is 4.89. The summed E-state index contributed by atoms with van der Waals surface area (Å²) >= 11 is 3.22. The van der Waals surface area contributed by atoms with Crippen LogP contribution >= 0.6 is 15.9 Å². The molecule has 1 aromatic heterocycles.